The number of benzene rings is 4. The van der Waals surface area contributed by atoms with E-state index < -0.39 is 16.0 Å². The van der Waals surface area contributed by atoms with Crippen LogP contribution in [0.15, 0.2) is 108 Å². The molecule has 5 aromatic rings. The molecule has 1 fully saturated rings. The summed E-state index contributed by atoms with van der Waals surface area (Å²) in [5, 5.41) is 25.2. The molecular formula is C34H30Cl3N5O4S. The molecule has 6 rings (SSSR count). The van der Waals surface area contributed by atoms with Crippen LogP contribution in [0.25, 0.3) is 16.8 Å². The number of carbonyl (C=O) groups excluding carboxylic acids is 1. The number of hydrogen-bond donors (Lipinski definition) is 2. The van der Waals surface area contributed by atoms with Crippen molar-refractivity contribution in [1.82, 2.24) is 25.5 Å². The number of alkyl halides is 3. The summed E-state index contributed by atoms with van der Waals surface area (Å²) in [6.07, 6.45) is -0.418. The van der Waals surface area contributed by atoms with Crippen molar-refractivity contribution < 1.29 is 19.4 Å². The highest BCUT2D eigenvalue weighted by atomic mass is 35.6. The van der Waals surface area contributed by atoms with Crippen LogP contribution in [0.4, 0.5) is 0 Å². The number of amides is 1. The van der Waals surface area contributed by atoms with Gasteiger partial charge in [-0.25, -0.2) is 0 Å². The van der Waals surface area contributed by atoms with E-state index in [9.17, 15) is 9.90 Å². The van der Waals surface area contributed by atoms with E-state index in [-0.39, 0.29) is 25.4 Å². The Labute approximate surface area is 291 Å². The largest absolute Gasteiger partial charge is 0.392 e. The third kappa shape index (κ3) is 8.33. The first-order chi connectivity index (χ1) is 22.8. The number of tetrazole rings is 1. The van der Waals surface area contributed by atoms with Crippen molar-refractivity contribution >= 4 is 52.5 Å². The average molecular weight is 711 g/mol. The zero-order valence-electron chi connectivity index (χ0n) is 24.9. The number of nitrogens with zero attached hydrogens (tertiary/aromatic N) is 4. The summed E-state index contributed by atoms with van der Waals surface area (Å²) in [7, 11) is 0. The molecule has 1 amide bonds. The third-order valence-corrected chi connectivity index (χ3v) is 9.23. The molecule has 4 aromatic carbocycles. The first kappa shape index (κ1) is 33.4. The van der Waals surface area contributed by atoms with Crippen LogP contribution in [-0.2, 0) is 27.4 Å². The summed E-state index contributed by atoms with van der Waals surface area (Å²) >= 11 is 18.7. The summed E-state index contributed by atoms with van der Waals surface area (Å²) in [6.45, 7) is 0.171. The smallest absolute Gasteiger partial charge is 0.272 e. The molecule has 3 atom stereocenters. The van der Waals surface area contributed by atoms with E-state index in [1.165, 1.54) is 11.8 Å². The molecule has 1 saturated heterocycles. The summed E-state index contributed by atoms with van der Waals surface area (Å²) < 4.78 is 12.7. The van der Waals surface area contributed by atoms with Gasteiger partial charge in [-0.15, -0.1) is 5.10 Å². The second-order valence-corrected chi connectivity index (χ2v) is 14.1. The minimum atomic E-state index is -2.04. The Bertz CT molecular complexity index is 1790. The summed E-state index contributed by atoms with van der Waals surface area (Å²) in [5.41, 5.74) is 6.32. The lowest BCUT2D eigenvalue weighted by atomic mass is 9.98. The second kappa shape index (κ2) is 15.2. The maximum atomic E-state index is 12.1. The monoisotopic (exact) mass is 709 g/mol. The van der Waals surface area contributed by atoms with Crippen LogP contribution in [-0.4, -0.2) is 46.9 Å². The lowest BCUT2D eigenvalue weighted by Crippen LogP contribution is -2.34. The number of ether oxygens (including phenoxy) is 2. The van der Waals surface area contributed by atoms with E-state index in [1.807, 2.05) is 103 Å². The molecule has 47 heavy (non-hydrogen) atoms. The van der Waals surface area contributed by atoms with Gasteiger partial charge in [0.15, 0.2) is 6.29 Å². The van der Waals surface area contributed by atoms with Gasteiger partial charge >= 0.3 is 0 Å². The summed E-state index contributed by atoms with van der Waals surface area (Å²) in [6, 6.07) is 33.2. The number of thioether (sulfide) groups is 1. The van der Waals surface area contributed by atoms with Gasteiger partial charge in [-0.05, 0) is 50.4 Å². The van der Waals surface area contributed by atoms with E-state index in [0.29, 0.717) is 17.3 Å². The van der Waals surface area contributed by atoms with Gasteiger partial charge < -0.3 is 19.9 Å². The molecule has 9 nitrogen and oxygen atoms in total. The van der Waals surface area contributed by atoms with E-state index in [4.69, 9.17) is 44.3 Å². The number of rotatable bonds is 10. The number of halogens is 3. The average Bonchev–Trinajstić information content (AvgIpc) is 3.58. The number of aromatic nitrogens is 4. The number of aliphatic hydroxyl groups is 1. The van der Waals surface area contributed by atoms with E-state index in [2.05, 4.69) is 20.8 Å². The molecule has 0 saturated carbocycles. The van der Waals surface area contributed by atoms with Crippen molar-refractivity contribution in [3.8, 4) is 16.8 Å². The number of hydrogen-bond acceptors (Lipinski definition) is 8. The lowest BCUT2D eigenvalue weighted by Gasteiger charge is -2.36. The number of aliphatic hydroxyl groups excluding tert-OH is 1. The zero-order valence-corrected chi connectivity index (χ0v) is 28.0. The lowest BCUT2D eigenvalue weighted by molar-refractivity contribution is -0.245. The Kier molecular flexibility index (Phi) is 10.8. The van der Waals surface area contributed by atoms with Gasteiger partial charge in [-0.3, -0.25) is 4.79 Å². The van der Waals surface area contributed by atoms with Gasteiger partial charge in [0.1, 0.15) is 0 Å². The Morgan fingerprint density at radius 1 is 0.915 bits per heavy atom. The molecule has 242 valence electrons. The standard InChI is InChI=1S/C34H30Cl3N5O4S/c35-34(36,37)32(44)38-19-26-6-4-5-9-29(26)23-14-16-25(17-15-23)31-45-28(18-30(46-31)24-12-10-22(20-43)11-13-24)21-47-33-39-40-41-42(33)27-7-2-1-3-8-27/h1-17,28,30-31,43H,18-21H2,(H,38,44)/t28-,30+,31+/m0/s1. The fourth-order valence-corrected chi connectivity index (χ4v) is 6.35. The van der Waals surface area contributed by atoms with E-state index in [0.717, 1.165) is 39.1 Å². The van der Waals surface area contributed by atoms with Crippen molar-refractivity contribution in [3.05, 3.63) is 125 Å². The summed E-state index contributed by atoms with van der Waals surface area (Å²) in [4.78, 5) is 12.1. The van der Waals surface area contributed by atoms with Crippen LogP contribution in [0.1, 0.15) is 41.1 Å². The minimum Gasteiger partial charge on any atom is -0.392 e. The van der Waals surface area contributed by atoms with Gasteiger partial charge in [0, 0.05) is 24.3 Å². The fourth-order valence-electron chi connectivity index (χ4n) is 5.24. The molecule has 2 N–H and O–H groups in total. The highest BCUT2D eigenvalue weighted by molar-refractivity contribution is 7.99. The van der Waals surface area contributed by atoms with Crippen LogP contribution < -0.4 is 5.32 Å². The maximum absolute atomic E-state index is 12.1. The maximum Gasteiger partial charge on any atom is 0.272 e. The Morgan fingerprint density at radius 3 is 2.34 bits per heavy atom. The molecule has 0 unspecified atom stereocenters. The van der Waals surface area contributed by atoms with Crippen LogP contribution in [0, 0.1) is 0 Å². The SMILES string of the molecule is O=C(NCc1ccccc1-c1ccc([C@@H]2O[C@H](CSc3nnnn3-c3ccccc3)C[C@H](c3ccc(CO)cc3)O2)cc1)C(Cl)(Cl)Cl. The number of nitrogens with one attached hydrogen (secondary N) is 1. The summed E-state index contributed by atoms with van der Waals surface area (Å²) in [5.74, 6) is -0.0898. The molecule has 2 heterocycles. The van der Waals surface area contributed by atoms with Crippen LogP contribution in [0.2, 0.25) is 0 Å². The zero-order chi connectivity index (χ0) is 32.8. The Morgan fingerprint density at radius 2 is 1.62 bits per heavy atom. The highest BCUT2D eigenvalue weighted by Crippen LogP contribution is 2.40. The molecule has 0 bridgehead atoms. The highest BCUT2D eigenvalue weighted by Gasteiger charge is 2.33. The quantitative estimate of drug-likeness (QED) is 0.116. The molecule has 1 aliphatic heterocycles. The van der Waals surface area contributed by atoms with Crippen LogP contribution >= 0.6 is 46.6 Å². The molecule has 13 heteroatoms. The first-order valence-corrected chi connectivity index (χ1v) is 16.9. The van der Waals surface area contributed by atoms with Gasteiger partial charge in [0.05, 0.1) is 24.5 Å². The van der Waals surface area contributed by atoms with Gasteiger partial charge in [-0.2, -0.15) is 4.68 Å². The van der Waals surface area contributed by atoms with Gasteiger partial charge in [0.2, 0.25) is 5.16 Å². The molecule has 1 aromatic heterocycles. The van der Waals surface area contributed by atoms with Crippen molar-refractivity contribution in [2.75, 3.05) is 5.75 Å². The van der Waals surface area contributed by atoms with Crippen LogP contribution in [0.5, 0.6) is 0 Å². The molecule has 1 aliphatic rings. The van der Waals surface area contributed by atoms with Crippen molar-refractivity contribution in [1.29, 1.82) is 0 Å². The molecule has 0 aliphatic carbocycles. The van der Waals surface area contributed by atoms with Crippen molar-refractivity contribution in [2.24, 2.45) is 0 Å². The van der Waals surface area contributed by atoms with Crippen molar-refractivity contribution in [3.63, 3.8) is 0 Å². The Balaban J connectivity index is 1.21. The first-order valence-electron chi connectivity index (χ1n) is 14.8. The minimum absolute atomic E-state index is 0.0261. The second-order valence-electron chi connectivity index (χ2n) is 10.8. The number of para-hydroxylation sites is 1. The van der Waals surface area contributed by atoms with E-state index >= 15 is 0 Å². The molecule has 0 radical (unpaired) electrons. The fraction of sp³-hybridized carbons (Fsp3) is 0.235. The van der Waals surface area contributed by atoms with E-state index in [1.54, 1.807) is 4.68 Å². The number of carbonyl (C=O) groups is 1. The molecule has 0 spiro atoms. The Hall–Kier alpha value is -3.48. The normalized spacial score (nSPS) is 18.2. The van der Waals surface area contributed by atoms with Crippen molar-refractivity contribution in [2.45, 2.75) is 47.0 Å². The molecular weight excluding hydrogens is 681 g/mol. The van der Waals surface area contributed by atoms with Gasteiger partial charge in [-0.1, -0.05) is 138 Å². The van der Waals surface area contributed by atoms with Gasteiger partial charge in [0.25, 0.3) is 9.70 Å². The predicted octanol–water partition coefficient (Wildman–Crippen LogP) is 7.15. The third-order valence-electron chi connectivity index (χ3n) is 7.66. The van der Waals surface area contributed by atoms with Crippen LogP contribution in [0.3, 0.4) is 0 Å². The predicted molar refractivity (Wildman–Crippen MR) is 182 cm³/mol. The topological polar surface area (TPSA) is 111 Å².